The molecule has 0 aromatic heterocycles. The second-order valence-corrected chi connectivity index (χ2v) is 6.11. The molecule has 1 aromatic carbocycles. The predicted molar refractivity (Wildman–Crippen MR) is 87.8 cm³/mol. The molecule has 4 heteroatoms. The van der Waals surface area contributed by atoms with E-state index in [0.717, 1.165) is 44.2 Å². The average Bonchev–Trinajstić information content (AvgIpc) is 2.43. The molecule has 1 atom stereocenters. The van der Waals surface area contributed by atoms with Gasteiger partial charge in [0, 0.05) is 32.2 Å². The first-order valence-electron chi connectivity index (χ1n) is 7.56. The number of anilines is 1. The molecule has 1 N–H and O–H groups in total. The van der Waals surface area contributed by atoms with Gasteiger partial charge in [-0.3, -0.25) is 0 Å². The molecule has 1 fully saturated rings. The molecule has 1 saturated heterocycles. The molecule has 112 valence electrons. The van der Waals surface area contributed by atoms with Crippen LogP contribution in [0.5, 0.6) is 0 Å². The summed E-state index contributed by atoms with van der Waals surface area (Å²) < 4.78 is 0. The Morgan fingerprint density at radius 1 is 1.35 bits per heavy atom. The van der Waals surface area contributed by atoms with Crippen molar-refractivity contribution in [2.24, 2.45) is 0 Å². The van der Waals surface area contributed by atoms with Crippen molar-refractivity contribution in [3.8, 4) is 0 Å². The second kappa shape index (κ2) is 7.30. The number of para-hydroxylation sites is 1. The predicted octanol–water partition coefficient (Wildman–Crippen LogP) is 2.98. The monoisotopic (exact) mass is 295 g/mol. The van der Waals surface area contributed by atoms with E-state index in [0.29, 0.717) is 6.04 Å². The molecular formula is C16H26ClN3. The van der Waals surface area contributed by atoms with Gasteiger partial charge in [0.2, 0.25) is 0 Å². The number of halogens is 1. The molecule has 0 amide bonds. The Morgan fingerprint density at radius 2 is 2.15 bits per heavy atom. The van der Waals surface area contributed by atoms with E-state index in [1.165, 1.54) is 11.3 Å². The number of piperazine rings is 1. The summed E-state index contributed by atoms with van der Waals surface area (Å²) in [6, 6.07) is 6.81. The minimum Gasteiger partial charge on any atom is -0.367 e. The number of hydrogen-bond acceptors (Lipinski definition) is 3. The van der Waals surface area contributed by atoms with E-state index in [2.05, 4.69) is 42.1 Å². The van der Waals surface area contributed by atoms with E-state index in [1.807, 2.05) is 12.1 Å². The number of nitrogens with one attached hydrogen (secondary N) is 1. The standard InChI is InChI=1S/C16H26ClN3/c1-4-8-18-11-14-6-5-7-15(17)16(14)20-10-9-19(3)13(2)12-20/h5-7,13,18H,4,8-12H2,1-3H3. The highest BCUT2D eigenvalue weighted by molar-refractivity contribution is 6.33. The van der Waals surface area contributed by atoms with E-state index in [9.17, 15) is 0 Å². The summed E-state index contributed by atoms with van der Waals surface area (Å²) in [5.74, 6) is 0. The molecule has 0 spiro atoms. The van der Waals surface area contributed by atoms with Crippen LogP contribution in [0.4, 0.5) is 5.69 Å². The van der Waals surface area contributed by atoms with Crippen LogP contribution in [0.2, 0.25) is 5.02 Å². The van der Waals surface area contributed by atoms with Crippen molar-refractivity contribution in [3.63, 3.8) is 0 Å². The zero-order valence-electron chi connectivity index (χ0n) is 12.8. The lowest BCUT2D eigenvalue weighted by atomic mass is 10.1. The molecule has 20 heavy (non-hydrogen) atoms. The zero-order valence-corrected chi connectivity index (χ0v) is 13.6. The van der Waals surface area contributed by atoms with Crippen molar-refractivity contribution in [2.45, 2.75) is 32.9 Å². The summed E-state index contributed by atoms with van der Waals surface area (Å²) in [7, 11) is 2.19. The van der Waals surface area contributed by atoms with Gasteiger partial charge in [0.15, 0.2) is 0 Å². The van der Waals surface area contributed by atoms with Crippen LogP contribution in [0, 0.1) is 0 Å². The molecule has 1 unspecified atom stereocenters. The molecule has 1 aliphatic rings. The van der Waals surface area contributed by atoms with Gasteiger partial charge in [0.05, 0.1) is 10.7 Å². The van der Waals surface area contributed by atoms with E-state index < -0.39 is 0 Å². The summed E-state index contributed by atoms with van der Waals surface area (Å²) in [6.45, 7) is 9.59. The van der Waals surface area contributed by atoms with Gasteiger partial charge in [0.1, 0.15) is 0 Å². The van der Waals surface area contributed by atoms with E-state index in [-0.39, 0.29) is 0 Å². The Labute approximate surface area is 127 Å². The Balaban J connectivity index is 2.16. The molecule has 1 heterocycles. The number of rotatable bonds is 5. The highest BCUT2D eigenvalue weighted by atomic mass is 35.5. The third-order valence-electron chi connectivity index (χ3n) is 4.09. The van der Waals surface area contributed by atoms with Crippen molar-refractivity contribution < 1.29 is 0 Å². The summed E-state index contributed by atoms with van der Waals surface area (Å²) >= 11 is 6.48. The lowest BCUT2D eigenvalue weighted by molar-refractivity contribution is 0.234. The number of likely N-dealkylation sites (N-methyl/N-ethyl adjacent to an activating group) is 1. The molecule has 0 saturated carbocycles. The van der Waals surface area contributed by atoms with Crippen LogP contribution >= 0.6 is 11.6 Å². The maximum Gasteiger partial charge on any atom is 0.0642 e. The minimum absolute atomic E-state index is 0.566. The Morgan fingerprint density at radius 3 is 2.85 bits per heavy atom. The third-order valence-corrected chi connectivity index (χ3v) is 4.39. The van der Waals surface area contributed by atoms with Gasteiger partial charge in [-0.15, -0.1) is 0 Å². The van der Waals surface area contributed by atoms with Gasteiger partial charge in [0.25, 0.3) is 0 Å². The highest BCUT2D eigenvalue weighted by Crippen LogP contribution is 2.31. The van der Waals surface area contributed by atoms with Crippen molar-refractivity contribution in [1.29, 1.82) is 0 Å². The number of benzene rings is 1. The first-order valence-corrected chi connectivity index (χ1v) is 7.94. The van der Waals surface area contributed by atoms with E-state index in [1.54, 1.807) is 0 Å². The van der Waals surface area contributed by atoms with Crippen molar-refractivity contribution in [2.75, 3.05) is 38.1 Å². The van der Waals surface area contributed by atoms with Gasteiger partial charge < -0.3 is 15.1 Å². The first kappa shape index (κ1) is 15.6. The van der Waals surface area contributed by atoms with Crippen molar-refractivity contribution in [1.82, 2.24) is 10.2 Å². The maximum absolute atomic E-state index is 6.48. The second-order valence-electron chi connectivity index (χ2n) is 5.70. The molecule has 3 nitrogen and oxygen atoms in total. The summed E-state index contributed by atoms with van der Waals surface area (Å²) in [5.41, 5.74) is 2.53. The number of hydrogen-bond donors (Lipinski definition) is 1. The van der Waals surface area contributed by atoms with Crippen LogP contribution in [0.25, 0.3) is 0 Å². The molecule has 1 aromatic rings. The highest BCUT2D eigenvalue weighted by Gasteiger charge is 2.23. The molecule has 1 aliphatic heterocycles. The Bertz CT molecular complexity index is 436. The van der Waals surface area contributed by atoms with E-state index in [4.69, 9.17) is 11.6 Å². The van der Waals surface area contributed by atoms with Gasteiger partial charge in [-0.2, -0.15) is 0 Å². The molecule has 0 radical (unpaired) electrons. The van der Waals surface area contributed by atoms with Crippen molar-refractivity contribution >= 4 is 17.3 Å². The third kappa shape index (κ3) is 3.66. The quantitative estimate of drug-likeness (QED) is 0.843. The lowest BCUT2D eigenvalue weighted by Crippen LogP contribution is -2.50. The molecule has 0 aliphatic carbocycles. The fourth-order valence-corrected chi connectivity index (χ4v) is 3.02. The van der Waals surface area contributed by atoms with Gasteiger partial charge in [-0.05, 0) is 38.6 Å². The fourth-order valence-electron chi connectivity index (χ4n) is 2.71. The van der Waals surface area contributed by atoms with Crippen LogP contribution < -0.4 is 10.2 Å². The largest absolute Gasteiger partial charge is 0.367 e. The lowest BCUT2D eigenvalue weighted by Gasteiger charge is -2.40. The minimum atomic E-state index is 0.566. The van der Waals surface area contributed by atoms with Gasteiger partial charge in [-0.1, -0.05) is 30.7 Å². The first-order chi connectivity index (χ1) is 9.63. The smallest absolute Gasteiger partial charge is 0.0642 e. The number of nitrogens with zero attached hydrogens (tertiary/aromatic N) is 2. The normalized spacial score (nSPS) is 20.4. The van der Waals surface area contributed by atoms with Crippen LogP contribution in [0.1, 0.15) is 25.8 Å². The van der Waals surface area contributed by atoms with Crippen molar-refractivity contribution in [3.05, 3.63) is 28.8 Å². The van der Waals surface area contributed by atoms with Crippen LogP contribution in [0.3, 0.4) is 0 Å². The SMILES string of the molecule is CCCNCc1cccc(Cl)c1N1CCN(C)C(C)C1. The van der Waals surface area contributed by atoms with Crippen LogP contribution in [-0.2, 0) is 6.54 Å². The van der Waals surface area contributed by atoms with Gasteiger partial charge >= 0.3 is 0 Å². The van der Waals surface area contributed by atoms with E-state index >= 15 is 0 Å². The summed E-state index contributed by atoms with van der Waals surface area (Å²) in [4.78, 5) is 4.85. The van der Waals surface area contributed by atoms with Crippen LogP contribution in [-0.4, -0.2) is 44.2 Å². The molecular weight excluding hydrogens is 270 g/mol. The topological polar surface area (TPSA) is 18.5 Å². The molecule has 0 bridgehead atoms. The maximum atomic E-state index is 6.48. The molecule has 2 rings (SSSR count). The zero-order chi connectivity index (χ0) is 14.5. The fraction of sp³-hybridized carbons (Fsp3) is 0.625. The summed E-state index contributed by atoms with van der Waals surface area (Å²) in [6.07, 6.45) is 1.15. The Kier molecular flexibility index (Phi) is 5.70. The Hall–Kier alpha value is -0.770. The summed E-state index contributed by atoms with van der Waals surface area (Å²) in [5, 5.41) is 4.36. The average molecular weight is 296 g/mol. The van der Waals surface area contributed by atoms with Crippen LogP contribution in [0.15, 0.2) is 18.2 Å². The van der Waals surface area contributed by atoms with Gasteiger partial charge in [-0.25, -0.2) is 0 Å².